The van der Waals surface area contributed by atoms with Crippen LogP contribution in [0.3, 0.4) is 0 Å². The predicted octanol–water partition coefficient (Wildman–Crippen LogP) is 4.19. The van der Waals surface area contributed by atoms with Crippen LogP contribution in [0.25, 0.3) is 0 Å². The number of nitrogens with two attached hydrogens (primary N) is 1. The Balaban J connectivity index is 2.50. The van der Waals surface area contributed by atoms with Gasteiger partial charge in [-0.15, -0.1) is 0 Å². The maximum absolute atomic E-state index is 12.0. The molecule has 0 fully saturated rings. The highest BCUT2D eigenvalue weighted by molar-refractivity contribution is 5.89. The van der Waals surface area contributed by atoms with Gasteiger partial charge in [-0.2, -0.15) is 0 Å². The Morgan fingerprint density at radius 1 is 1.14 bits per heavy atom. The molecule has 118 valence electrons. The molecule has 0 aliphatic heterocycles. The number of amides is 2. The van der Waals surface area contributed by atoms with Crippen molar-refractivity contribution in [1.29, 1.82) is 0 Å². The van der Waals surface area contributed by atoms with Gasteiger partial charge in [0, 0.05) is 17.8 Å². The van der Waals surface area contributed by atoms with E-state index in [1.807, 2.05) is 31.2 Å². The fourth-order valence-electron chi connectivity index (χ4n) is 2.31. The monoisotopic (exact) mass is 291 g/mol. The number of urea groups is 1. The molecule has 0 heterocycles. The van der Waals surface area contributed by atoms with Gasteiger partial charge in [0.1, 0.15) is 0 Å². The first-order valence-electron chi connectivity index (χ1n) is 7.99. The molecule has 0 aromatic heterocycles. The number of benzene rings is 1. The molecular weight excluding hydrogens is 262 g/mol. The van der Waals surface area contributed by atoms with Gasteiger partial charge in [0.05, 0.1) is 0 Å². The molecule has 0 spiro atoms. The van der Waals surface area contributed by atoms with Crippen molar-refractivity contribution in [2.75, 3.05) is 5.32 Å². The Hall–Kier alpha value is -1.55. The van der Waals surface area contributed by atoms with Crippen molar-refractivity contribution in [1.82, 2.24) is 5.32 Å². The second kappa shape index (κ2) is 9.40. The summed E-state index contributed by atoms with van der Waals surface area (Å²) < 4.78 is 0. The van der Waals surface area contributed by atoms with Gasteiger partial charge >= 0.3 is 6.03 Å². The SMILES string of the molecule is CCCCC(CCC)NC(=O)Nc1ccc(C(C)N)cc1. The Kier molecular flexibility index (Phi) is 7.83. The Labute approximate surface area is 128 Å². The zero-order valence-electron chi connectivity index (χ0n) is 13.5. The van der Waals surface area contributed by atoms with Crippen LogP contribution >= 0.6 is 0 Å². The van der Waals surface area contributed by atoms with Crippen LogP contribution in [0.2, 0.25) is 0 Å². The molecule has 21 heavy (non-hydrogen) atoms. The third kappa shape index (κ3) is 6.63. The van der Waals surface area contributed by atoms with E-state index in [0.717, 1.165) is 43.4 Å². The van der Waals surface area contributed by atoms with E-state index in [1.165, 1.54) is 0 Å². The molecule has 1 aromatic rings. The van der Waals surface area contributed by atoms with E-state index in [4.69, 9.17) is 5.73 Å². The zero-order chi connectivity index (χ0) is 15.7. The molecule has 0 saturated carbocycles. The van der Waals surface area contributed by atoms with Gasteiger partial charge in [-0.3, -0.25) is 0 Å². The Morgan fingerprint density at radius 3 is 2.33 bits per heavy atom. The molecule has 1 rings (SSSR count). The second-order valence-electron chi connectivity index (χ2n) is 5.64. The molecule has 4 heteroatoms. The highest BCUT2D eigenvalue weighted by atomic mass is 16.2. The number of nitrogens with one attached hydrogen (secondary N) is 2. The van der Waals surface area contributed by atoms with E-state index in [0.29, 0.717) is 0 Å². The van der Waals surface area contributed by atoms with Gasteiger partial charge in [0.2, 0.25) is 0 Å². The van der Waals surface area contributed by atoms with Crippen molar-refractivity contribution in [2.45, 2.75) is 65.0 Å². The molecule has 2 amide bonds. The first-order valence-corrected chi connectivity index (χ1v) is 7.99. The average molecular weight is 291 g/mol. The van der Waals surface area contributed by atoms with Crippen molar-refractivity contribution in [3.05, 3.63) is 29.8 Å². The van der Waals surface area contributed by atoms with Gasteiger partial charge in [-0.1, -0.05) is 45.2 Å². The average Bonchev–Trinajstić information content (AvgIpc) is 2.45. The summed E-state index contributed by atoms with van der Waals surface area (Å²) in [6.07, 6.45) is 5.45. The number of rotatable bonds is 8. The fraction of sp³-hybridized carbons (Fsp3) is 0.588. The van der Waals surface area contributed by atoms with Crippen LogP contribution in [-0.2, 0) is 0 Å². The van der Waals surface area contributed by atoms with E-state index in [-0.39, 0.29) is 18.1 Å². The molecule has 0 radical (unpaired) electrons. The highest BCUT2D eigenvalue weighted by Crippen LogP contribution is 2.14. The first kappa shape index (κ1) is 17.5. The van der Waals surface area contributed by atoms with Crippen molar-refractivity contribution in [3.8, 4) is 0 Å². The normalized spacial score (nSPS) is 13.5. The molecular formula is C17H29N3O. The maximum atomic E-state index is 12.0. The highest BCUT2D eigenvalue weighted by Gasteiger charge is 2.11. The van der Waals surface area contributed by atoms with E-state index in [2.05, 4.69) is 24.5 Å². The minimum atomic E-state index is -0.127. The van der Waals surface area contributed by atoms with E-state index in [1.54, 1.807) is 0 Å². The van der Waals surface area contributed by atoms with Crippen molar-refractivity contribution in [2.24, 2.45) is 5.73 Å². The molecule has 4 N–H and O–H groups in total. The third-order valence-electron chi connectivity index (χ3n) is 3.57. The second-order valence-corrected chi connectivity index (χ2v) is 5.64. The lowest BCUT2D eigenvalue weighted by atomic mass is 10.1. The molecule has 0 aliphatic carbocycles. The standard InChI is InChI=1S/C17H29N3O/c1-4-6-8-15(7-5-2)19-17(21)20-16-11-9-14(10-12-16)13(3)18/h9-13,15H,4-8,18H2,1-3H3,(H2,19,20,21). The van der Waals surface area contributed by atoms with Crippen LogP contribution in [0.15, 0.2) is 24.3 Å². The van der Waals surface area contributed by atoms with Crippen LogP contribution < -0.4 is 16.4 Å². The summed E-state index contributed by atoms with van der Waals surface area (Å²) in [5, 5.41) is 5.95. The topological polar surface area (TPSA) is 67.2 Å². The summed E-state index contributed by atoms with van der Waals surface area (Å²) >= 11 is 0. The summed E-state index contributed by atoms with van der Waals surface area (Å²) in [5.41, 5.74) is 7.67. The van der Waals surface area contributed by atoms with Gasteiger partial charge in [0.15, 0.2) is 0 Å². The van der Waals surface area contributed by atoms with Gasteiger partial charge in [0.25, 0.3) is 0 Å². The lowest BCUT2D eigenvalue weighted by Crippen LogP contribution is -2.37. The van der Waals surface area contributed by atoms with Crippen molar-refractivity contribution < 1.29 is 4.79 Å². The summed E-state index contributed by atoms with van der Waals surface area (Å²) in [4.78, 5) is 12.0. The predicted molar refractivity (Wildman–Crippen MR) is 89.4 cm³/mol. The summed E-state index contributed by atoms with van der Waals surface area (Å²) in [5.74, 6) is 0. The number of unbranched alkanes of at least 4 members (excludes halogenated alkanes) is 1. The van der Waals surface area contributed by atoms with Crippen molar-refractivity contribution in [3.63, 3.8) is 0 Å². The minimum Gasteiger partial charge on any atom is -0.335 e. The maximum Gasteiger partial charge on any atom is 0.319 e. The molecule has 1 aromatic carbocycles. The number of carbonyl (C=O) groups is 1. The van der Waals surface area contributed by atoms with Gasteiger partial charge < -0.3 is 16.4 Å². The number of carbonyl (C=O) groups excluding carboxylic acids is 1. The van der Waals surface area contributed by atoms with Crippen LogP contribution in [0, 0.1) is 0 Å². The molecule has 0 bridgehead atoms. The molecule has 0 aliphatic rings. The summed E-state index contributed by atoms with van der Waals surface area (Å²) in [7, 11) is 0. The van der Waals surface area contributed by atoms with Crippen LogP contribution in [0.5, 0.6) is 0 Å². The molecule has 4 nitrogen and oxygen atoms in total. The number of hydrogen-bond acceptors (Lipinski definition) is 2. The zero-order valence-corrected chi connectivity index (χ0v) is 13.5. The first-order chi connectivity index (χ1) is 10.1. The van der Waals surface area contributed by atoms with Gasteiger partial charge in [-0.05, 0) is 37.5 Å². The van der Waals surface area contributed by atoms with Gasteiger partial charge in [-0.25, -0.2) is 4.79 Å². The number of anilines is 1. The summed E-state index contributed by atoms with van der Waals surface area (Å²) in [6, 6.07) is 7.81. The van der Waals surface area contributed by atoms with Crippen LogP contribution in [0.1, 0.15) is 64.5 Å². The van der Waals surface area contributed by atoms with E-state index >= 15 is 0 Å². The Bertz CT molecular complexity index is 415. The summed E-state index contributed by atoms with van der Waals surface area (Å²) in [6.45, 7) is 6.26. The van der Waals surface area contributed by atoms with Crippen molar-refractivity contribution >= 4 is 11.7 Å². The number of hydrogen-bond donors (Lipinski definition) is 3. The quantitative estimate of drug-likeness (QED) is 0.672. The fourth-order valence-corrected chi connectivity index (χ4v) is 2.31. The molecule has 2 unspecified atom stereocenters. The van der Waals surface area contributed by atoms with E-state index in [9.17, 15) is 4.79 Å². The van der Waals surface area contributed by atoms with Crippen LogP contribution in [0.4, 0.5) is 10.5 Å². The molecule has 2 atom stereocenters. The lowest BCUT2D eigenvalue weighted by Gasteiger charge is -2.18. The van der Waals surface area contributed by atoms with Crippen LogP contribution in [-0.4, -0.2) is 12.1 Å². The smallest absolute Gasteiger partial charge is 0.319 e. The minimum absolute atomic E-state index is 0.0101. The lowest BCUT2D eigenvalue weighted by molar-refractivity contribution is 0.246. The van der Waals surface area contributed by atoms with E-state index < -0.39 is 0 Å². The largest absolute Gasteiger partial charge is 0.335 e. The third-order valence-corrected chi connectivity index (χ3v) is 3.57. The Morgan fingerprint density at radius 2 is 1.81 bits per heavy atom. The molecule has 0 saturated heterocycles.